The topological polar surface area (TPSA) is 103 Å². The lowest BCUT2D eigenvalue weighted by Crippen LogP contribution is -2.55. The van der Waals surface area contributed by atoms with Crippen LogP contribution in [0.15, 0.2) is 41.3 Å². The number of fused-ring (bicyclic) bond motifs is 1. The first kappa shape index (κ1) is 32.4. The fourth-order valence-electron chi connectivity index (χ4n) is 6.40. The van der Waals surface area contributed by atoms with Crippen molar-refractivity contribution in [1.29, 1.82) is 0 Å². The van der Waals surface area contributed by atoms with E-state index in [-0.39, 0.29) is 24.0 Å². The largest absolute Gasteiger partial charge is 0.496 e. The standard InChI is InChI=1S/C36H43FN6O4/c1-20(2)29-31(21(3)13-14-38-29)43-33-27(18-26(23-9-10-23)30(39-33)25-12-11-24(37)17-28(25)46-8)32(40-34(43)44)42-16-15-41(19-22(42)4)35(45)47-36(5,6)7/h11-14,17-18,20,22-23H,9-10,15-16,19H2,1-8H3/t22-/m0/s1. The van der Waals surface area contributed by atoms with Crippen LogP contribution in [-0.4, -0.2) is 68.9 Å². The molecule has 6 rings (SSSR count). The molecule has 0 radical (unpaired) electrons. The summed E-state index contributed by atoms with van der Waals surface area (Å²) < 4.78 is 27.2. The minimum absolute atomic E-state index is 0.0230. The monoisotopic (exact) mass is 642 g/mol. The molecule has 1 aliphatic heterocycles. The molecule has 0 N–H and O–H groups in total. The summed E-state index contributed by atoms with van der Waals surface area (Å²) in [6.45, 7) is 14.9. The lowest BCUT2D eigenvalue weighted by atomic mass is 9.99. The predicted molar refractivity (Wildman–Crippen MR) is 180 cm³/mol. The number of halogens is 1. The van der Waals surface area contributed by atoms with Crippen molar-refractivity contribution in [3.05, 3.63) is 69.7 Å². The molecule has 1 amide bonds. The third-order valence-corrected chi connectivity index (χ3v) is 8.79. The Labute approximate surface area is 274 Å². The van der Waals surface area contributed by atoms with E-state index < -0.39 is 17.1 Å². The normalized spacial score (nSPS) is 17.0. The van der Waals surface area contributed by atoms with Crippen LogP contribution < -0.4 is 15.3 Å². The van der Waals surface area contributed by atoms with Crippen molar-refractivity contribution in [3.63, 3.8) is 0 Å². The van der Waals surface area contributed by atoms with E-state index in [0.717, 1.165) is 35.0 Å². The van der Waals surface area contributed by atoms with Gasteiger partial charge in [-0.3, -0.25) is 4.98 Å². The van der Waals surface area contributed by atoms with Gasteiger partial charge in [-0.05, 0) is 94.7 Å². The van der Waals surface area contributed by atoms with E-state index >= 15 is 0 Å². The molecule has 2 fully saturated rings. The third kappa shape index (κ3) is 6.27. The fraction of sp³-hybridized carbons (Fsp3) is 0.472. The first-order valence-electron chi connectivity index (χ1n) is 16.3. The first-order chi connectivity index (χ1) is 22.3. The Bertz CT molecular complexity index is 1910. The Morgan fingerprint density at radius 3 is 2.47 bits per heavy atom. The highest BCUT2D eigenvalue weighted by molar-refractivity contribution is 5.92. The van der Waals surface area contributed by atoms with Crippen molar-refractivity contribution in [2.75, 3.05) is 31.6 Å². The Hall–Kier alpha value is -4.54. The van der Waals surface area contributed by atoms with Gasteiger partial charge >= 0.3 is 11.8 Å². The van der Waals surface area contributed by atoms with Crippen molar-refractivity contribution in [3.8, 4) is 22.7 Å². The van der Waals surface area contributed by atoms with Gasteiger partial charge < -0.3 is 19.3 Å². The second-order valence-corrected chi connectivity index (χ2v) is 14.0. The summed E-state index contributed by atoms with van der Waals surface area (Å²) in [6.07, 6.45) is 3.38. The summed E-state index contributed by atoms with van der Waals surface area (Å²) in [5.74, 6) is 0.772. The molecule has 4 aromatic rings. The maximum atomic E-state index is 14.3. The minimum Gasteiger partial charge on any atom is -0.496 e. The smallest absolute Gasteiger partial charge is 0.410 e. The summed E-state index contributed by atoms with van der Waals surface area (Å²) >= 11 is 0. The first-order valence-corrected chi connectivity index (χ1v) is 16.3. The van der Waals surface area contributed by atoms with Crippen LogP contribution >= 0.6 is 0 Å². The van der Waals surface area contributed by atoms with Crippen LogP contribution in [0, 0.1) is 12.7 Å². The average Bonchev–Trinajstić information content (AvgIpc) is 3.85. The summed E-state index contributed by atoms with van der Waals surface area (Å²) in [5.41, 5.74) is 3.95. The number of rotatable bonds is 6. The molecule has 1 saturated heterocycles. The van der Waals surface area contributed by atoms with Gasteiger partial charge in [-0.1, -0.05) is 13.8 Å². The van der Waals surface area contributed by atoms with Crippen molar-refractivity contribution >= 4 is 22.9 Å². The molecule has 0 bridgehead atoms. The molecule has 47 heavy (non-hydrogen) atoms. The van der Waals surface area contributed by atoms with Crippen LogP contribution in [0.2, 0.25) is 0 Å². The molecule has 1 aliphatic carbocycles. The Morgan fingerprint density at radius 2 is 1.83 bits per heavy atom. The Kier molecular flexibility index (Phi) is 8.44. The molecule has 10 nitrogen and oxygen atoms in total. The van der Waals surface area contributed by atoms with Gasteiger partial charge in [-0.2, -0.15) is 4.98 Å². The molecule has 0 spiro atoms. The predicted octanol–water partition coefficient (Wildman–Crippen LogP) is 6.75. The van der Waals surface area contributed by atoms with Crippen LogP contribution in [0.25, 0.3) is 28.0 Å². The molecule has 3 aromatic heterocycles. The number of benzene rings is 1. The van der Waals surface area contributed by atoms with Crippen LogP contribution in [-0.2, 0) is 4.74 Å². The van der Waals surface area contributed by atoms with Crippen LogP contribution in [0.3, 0.4) is 0 Å². The van der Waals surface area contributed by atoms with Crippen molar-refractivity contribution < 1.29 is 18.7 Å². The Balaban J connectivity index is 1.59. The van der Waals surface area contributed by atoms with Crippen molar-refractivity contribution in [2.45, 2.75) is 84.8 Å². The molecule has 4 heterocycles. The van der Waals surface area contributed by atoms with Gasteiger partial charge in [0.1, 0.15) is 23.0 Å². The number of pyridine rings is 2. The molecule has 0 unspecified atom stereocenters. The number of carbonyl (C=O) groups excluding carboxylic acids is 1. The van der Waals surface area contributed by atoms with Gasteiger partial charge in [0.15, 0.2) is 5.65 Å². The van der Waals surface area contributed by atoms with Crippen LogP contribution in [0.4, 0.5) is 15.0 Å². The molecular formula is C36H43FN6O4. The zero-order valence-corrected chi connectivity index (χ0v) is 28.4. The van der Waals surface area contributed by atoms with Gasteiger partial charge in [-0.15, -0.1) is 0 Å². The number of amides is 1. The van der Waals surface area contributed by atoms with Gasteiger partial charge in [-0.25, -0.2) is 23.5 Å². The number of carbonyl (C=O) groups is 1. The number of hydrogen-bond donors (Lipinski definition) is 0. The molecule has 1 saturated carbocycles. The summed E-state index contributed by atoms with van der Waals surface area (Å²) in [7, 11) is 1.51. The number of aryl methyl sites for hydroxylation is 1. The molecule has 2 aliphatic rings. The van der Waals surface area contributed by atoms with Crippen molar-refractivity contribution in [2.24, 2.45) is 0 Å². The lowest BCUT2D eigenvalue weighted by Gasteiger charge is -2.41. The van der Waals surface area contributed by atoms with Crippen molar-refractivity contribution in [1.82, 2.24) is 24.4 Å². The number of nitrogens with zero attached hydrogens (tertiary/aromatic N) is 6. The number of aromatic nitrogens is 4. The maximum absolute atomic E-state index is 14.3. The SMILES string of the molecule is COc1cc(F)ccc1-c1nc2c(cc1C1CC1)c(N1CCN(C(=O)OC(C)(C)C)C[C@@H]1C)nc(=O)n2-c1c(C)ccnc1C(C)C. The van der Waals surface area contributed by atoms with E-state index in [4.69, 9.17) is 19.4 Å². The highest BCUT2D eigenvalue weighted by atomic mass is 19.1. The Morgan fingerprint density at radius 1 is 1.09 bits per heavy atom. The highest BCUT2D eigenvalue weighted by Crippen LogP contribution is 2.47. The number of ether oxygens (including phenoxy) is 2. The summed E-state index contributed by atoms with van der Waals surface area (Å²) in [5, 5.41) is 0.729. The number of methoxy groups -OCH3 is 1. The van der Waals surface area contributed by atoms with Crippen LogP contribution in [0.5, 0.6) is 5.75 Å². The van der Waals surface area contributed by atoms with Gasteiger partial charge in [0, 0.05) is 43.5 Å². The summed E-state index contributed by atoms with van der Waals surface area (Å²) in [6, 6.07) is 8.27. The summed E-state index contributed by atoms with van der Waals surface area (Å²) in [4.78, 5) is 45.7. The number of anilines is 1. The van der Waals surface area contributed by atoms with Crippen LogP contribution in [0.1, 0.15) is 83.0 Å². The number of piperazine rings is 1. The van der Waals surface area contributed by atoms with Gasteiger partial charge in [0.2, 0.25) is 0 Å². The second-order valence-electron chi connectivity index (χ2n) is 14.0. The fourth-order valence-corrected chi connectivity index (χ4v) is 6.40. The molecule has 11 heteroatoms. The molecule has 248 valence electrons. The maximum Gasteiger partial charge on any atom is 0.410 e. The van der Waals surface area contributed by atoms with E-state index in [1.807, 2.05) is 54.5 Å². The third-order valence-electron chi connectivity index (χ3n) is 8.79. The molecular weight excluding hydrogens is 599 g/mol. The lowest BCUT2D eigenvalue weighted by molar-refractivity contribution is 0.0218. The van der Waals surface area contributed by atoms with E-state index in [9.17, 15) is 14.0 Å². The van der Waals surface area contributed by atoms with E-state index in [1.165, 1.54) is 19.2 Å². The minimum atomic E-state index is -0.602. The zero-order valence-electron chi connectivity index (χ0n) is 28.4. The molecule has 1 aromatic carbocycles. The van der Waals surface area contributed by atoms with Gasteiger partial charge in [0.25, 0.3) is 0 Å². The highest BCUT2D eigenvalue weighted by Gasteiger charge is 2.35. The average molecular weight is 643 g/mol. The quantitative estimate of drug-likeness (QED) is 0.228. The van der Waals surface area contributed by atoms with E-state index in [0.29, 0.717) is 53.8 Å². The second kappa shape index (κ2) is 12.2. The number of hydrogen-bond acceptors (Lipinski definition) is 8. The van der Waals surface area contributed by atoms with Gasteiger partial charge in [0.05, 0.1) is 29.6 Å². The molecule has 1 atom stereocenters. The van der Waals surface area contributed by atoms with E-state index in [2.05, 4.69) is 16.0 Å². The van der Waals surface area contributed by atoms with E-state index in [1.54, 1.807) is 21.7 Å². The zero-order chi connectivity index (χ0) is 33.8.